The highest BCUT2D eigenvalue weighted by Gasteiger charge is 2.26. The SMILES string of the molecule is COC1CCOCC1NC(=O)COc1ccc(F)cc1. The topological polar surface area (TPSA) is 56.8 Å². The Morgan fingerprint density at radius 3 is 2.90 bits per heavy atom. The van der Waals surface area contributed by atoms with Crippen LogP contribution in [0.1, 0.15) is 6.42 Å². The molecule has 0 aromatic heterocycles. The Hall–Kier alpha value is -1.66. The van der Waals surface area contributed by atoms with Gasteiger partial charge in [0, 0.05) is 13.7 Å². The number of benzene rings is 1. The highest BCUT2D eigenvalue weighted by Crippen LogP contribution is 2.12. The van der Waals surface area contributed by atoms with Crippen LogP contribution in [-0.4, -0.2) is 45.0 Å². The molecule has 1 aromatic carbocycles. The lowest BCUT2D eigenvalue weighted by Gasteiger charge is -2.30. The number of hydrogen-bond donors (Lipinski definition) is 1. The number of nitrogens with one attached hydrogen (secondary N) is 1. The lowest BCUT2D eigenvalue weighted by atomic mass is 10.1. The number of hydrogen-bond acceptors (Lipinski definition) is 4. The summed E-state index contributed by atoms with van der Waals surface area (Å²) in [6.45, 7) is 0.941. The van der Waals surface area contributed by atoms with Crippen molar-refractivity contribution < 1.29 is 23.4 Å². The van der Waals surface area contributed by atoms with Gasteiger partial charge in [-0.25, -0.2) is 4.39 Å². The molecule has 0 bridgehead atoms. The second-order valence-electron chi connectivity index (χ2n) is 4.55. The Morgan fingerprint density at radius 2 is 2.20 bits per heavy atom. The van der Waals surface area contributed by atoms with Crippen molar-refractivity contribution in [1.29, 1.82) is 0 Å². The van der Waals surface area contributed by atoms with Crippen LogP contribution in [0.15, 0.2) is 24.3 Å². The summed E-state index contributed by atoms with van der Waals surface area (Å²) in [6, 6.07) is 5.35. The van der Waals surface area contributed by atoms with Gasteiger partial charge in [-0.3, -0.25) is 4.79 Å². The normalized spacial score (nSPS) is 22.3. The van der Waals surface area contributed by atoms with Crippen molar-refractivity contribution in [2.75, 3.05) is 26.9 Å². The van der Waals surface area contributed by atoms with Crippen molar-refractivity contribution in [3.05, 3.63) is 30.1 Å². The molecule has 1 N–H and O–H groups in total. The van der Waals surface area contributed by atoms with Gasteiger partial charge >= 0.3 is 0 Å². The van der Waals surface area contributed by atoms with Crippen LogP contribution in [0.5, 0.6) is 5.75 Å². The number of ether oxygens (including phenoxy) is 3. The fourth-order valence-electron chi connectivity index (χ4n) is 2.06. The Kier molecular flexibility index (Phi) is 5.31. The van der Waals surface area contributed by atoms with E-state index in [4.69, 9.17) is 14.2 Å². The molecule has 1 aliphatic rings. The van der Waals surface area contributed by atoms with E-state index >= 15 is 0 Å². The smallest absolute Gasteiger partial charge is 0.258 e. The van der Waals surface area contributed by atoms with Gasteiger partial charge in [0.05, 0.1) is 18.8 Å². The molecule has 0 spiro atoms. The van der Waals surface area contributed by atoms with Crippen LogP contribution < -0.4 is 10.1 Å². The van der Waals surface area contributed by atoms with E-state index in [9.17, 15) is 9.18 Å². The molecule has 2 rings (SSSR count). The third-order valence-electron chi connectivity index (χ3n) is 3.13. The maximum atomic E-state index is 12.7. The summed E-state index contributed by atoms with van der Waals surface area (Å²) in [5.41, 5.74) is 0. The Bertz CT molecular complexity index is 437. The average Bonchev–Trinajstić information content (AvgIpc) is 2.47. The summed E-state index contributed by atoms with van der Waals surface area (Å²) in [5, 5.41) is 2.81. The van der Waals surface area contributed by atoms with Crippen LogP contribution in [-0.2, 0) is 14.3 Å². The first-order valence-corrected chi connectivity index (χ1v) is 6.47. The van der Waals surface area contributed by atoms with Crippen LogP contribution in [0.2, 0.25) is 0 Å². The molecule has 1 fully saturated rings. The van der Waals surface area contributed by atoms with Crippen molar-refractivity contribution in [1.82, 2.24) is 5.32 Å². The van der Waals surface area contributed by atoms with E-state index in [2.05, 4.69) is 5.32 Å². The predicted octanol–water partition coefficient (Wildman–Crippen LogP) is 1.12. The Labute approximate surface area is 117 Å². The number of amides is 1. The van der Waals surface area contributed by atoms with Gasteiger partial charge in [-0.2, -0.15) is 0 Å². The van der Waals surface area contributed by atoms with E-state index in [0.717, 1.165) is 6.42 Å². The molecule has 1 aliphatic heterocycles. The number of carbonyl (C=O) groups excluding carboxylic acids is 1. The van der Waals surface area contributed by atoms with Crippen molar-refractivity contribution in [3.8, 4) is 5.75 Å². The van der Waals surface area contributed by atoms with E-state index < -0.39 is 0 Å². The number of rotatable bonds is 5. The predicted molar refractivity (Wildman–Crippen MR) is 70.1 cm³/mol. The van der Waals surface area contributed by atoms with Crippen LogP contribution >= 0.6 is 0 Å². The van der Waals surface area contributed by atoms with Gasteiger partial charge in [0.15, 0.2) is 6.61 Å². The fourth-order valence-corrected chi connectivity index (χ4v) is 2.06. The minimum Gasteiger partial charge on any atom is -0.484 e. The molecule has 2 atom stereocenters. The molecule has 110 valence electrons. The average molecular weight is 283 g/mol. The van der Waals surface area contributed by atoms with Gasteiger partial charge < -0.3 is 19.5 Å². The second kappa shape index (κ2) is 7.21. The van der Waals surface area contributed by atoms with Gasteiger partial charge in [-0.15, -0.1) is 0 Å². The van der Waals surface area contributed by atoms with Crippen molar-refractivity contribution >= 4 is 5.91 Å². The van der Waals surface area contributed by atoms with Gasteiger partial charge in [0.25, 0.3) is 5.91 Å². The van der Waals surface area contributed by atoms with E-state index in [1.54, 1.807) is 7.11 Å². The highest BCUT2D eigenvalue weighted by molar-refractivity contribution is 5.77. The lowest BCUT2D eigenvalue weighted by Crippen LogP contribution is -2.51. The summed E-state index contributed by atoms with van der Waals surface area (Å²) < 4.78 is 28.6. The Balaban J connectivity index is 1.78. The molecule has 0 saturated carbocycles. The molecule has 20 heavy (non-hydrogen) atoms. The number of carbonyl (C=O) groups is 1. The maximum absolute atomic E-state index is 12.7. The quantitative estimate of drug-likeness (QED) is 0.880. The van der Waals surface area contributed by atoms with Gasteiger partial charge in [0.2, 0.25) is 0 Å². The Morgan fingerprint density at radius 1 is 1.45 bits per heavy atom. The van der Waals surface area contributed by atoms with Gasteiger partial charge in [0.1, 0.15) is 11.6 Å². The van der Waals surface area contributed by atoms with Crippen LogP contribution in [0.4, 0.5) is 4.39 Å². The highest BCUT2D eigenvalue weighted by atomic mass is 19.1. The molecule has 0 radical (unpaired) electrons. The molecule has 1 aromatic rings. The fraction of sp³-hybridized carbons (Fsp3) is 0.500. The molecule has 2 unspecified atom stereocenters. The monoisotopic (exact) mass is 283 g/mol. The standard InChI is InChI=1S/C14H18FNO4/c1-18-13-6-7-19-8-12(13)16-14(17)9-20-11-4-2-10(15)3-5-11/h2-5,12-13H,6-9H2,1H3,(H,16,17). The minimum absolute atomic E-state index is 0.0430. The van der Waals surface area contributed by atoms with Crippen LogP contribution in [0.25, 0.3) is 0 Å². The first-order valence-electron chi connectivity index (χ1n) is 6.47. The zero-order valence-corrected chi connectivity index (χ0v) is 11.3. The van der Waals surface area contributed by atoms with E-state index in [1.165, 1.54) is 24.3 Å². The molecule has 6 heteroatoms. The van der Waals surface area contributed by atoms with Crippen molar-refractivity contribution in [3.63, 3.8) is 0 Å². The van der Waals surface area contributed by atoms with Gasteiger partial charge in [-0.1, -0.05) is 0 Å². The summed E-state index contributed by atoms with van der Waals surface area (Å²) in [4.78, 5) is 11.8. The van der Waals surface area contributed by atoms with Crippen molar-refractivity contribution in [2.45, 2.75) is 18.6 Å². The van der Waals surface area contributed by atoms with Gasteiger partial charge in [-0.05, 0) is 30.7 Å². The summed E-state index contributed by atoms with van der Waals surface area (Å²) in [6.07, 6.45) is 0.707. The zero-order valence-electron chi connectivity index (χ0n) is 11.3. The third-order valence-corrected chi connectivity index (χ3v) is 3.13. The molecular weight excluding hydrogens is 265 g/mol. The van der Waals surface area contributed by atoms with E-state index in [-0.39, 0.29) is 30.5 Å². The van der Waals surface area contributed by atoms with Crippen molar-refractivity contribution in [2.24, 2.45) is 0 Å². The largest absolute Gasteiger partial charge is 0.484 e. The first kappa shape index (κ1) is 14.7. The molecule has 1 amide bonds. The van der Waals surface area contributed by atoms with Crippen LogP contribution in [0, 0.1) is 5.82 Å². The maximum Gasteiger partial charge on any atom is 0.258 e. The zero-order chi connectivity index (χ0) is 14.4. The van der Waals surface area contributed by atoms with Crippen LogP contribution in [0.3, 0.4) is 0 Å². The molecular formula is C14H18FNO4. The van der Waals surface area contributed by atoms with E-state index in [0.29, 0.717) is 19.0 Å². The summed E-state index contributed by atoms with van der Waals surface area (Å²) in [7, 11) is 1.62. The number of methoxy groups -OCH3 is 1. The molecule has 1 saturated heterocycles. The lowest BCUT2D eigenvalue weighted by molar-refractivity contribution is -0.127. The summed E-state index contributed by atoms with van der Waals surface area (Å²) >= 11 is 0. The second-order valence-corrected chi connectivity index (χ2v) is 4.55. The molecule has 1 heterocycles. The number of halogens is 1. The molecule has 0 aliphatic carbocycles. The summed E-state index contributed by atoms with van der Waals surface area (Å²) in [5.74, 6) is -0.152. The molecule has 5 nitrogen and oxygen atoms in total. The first-order chi connectivity index (χ1) is 9.69. The van der Waals surface area contributed by atoms with E-state index in [1.807, 2.05) is 0 Å². The third kappa shape index (κ3) is 4.18. The minimum atomic E-state index is -0.343.